The Bertz CT molecular complexity index is 1100. The predicted octanol–water partition coefficient (Wildman–Crippen LogP) is 6.85. The fraction of sp³-hybridized carbons (Fsp3) is 0.440. The molecule has 9 heteroatoms. The lowest BCUT2D eigenvalue weighted by Gasteiger charge is -2.32. The highest BCUT2D eigenvalue weighted by Gasteiger charge is 2.35. The molecule has 0 atom stereocenters. The zero-order valence-corrected chi connectivity index (χ0v) is 19.1. The maximum atomic E-state index is 14.5. The van der Waals surface area contributed by atoms with E-state index in [4.69, 9.17) is 9.47 Å². The van der Waals surface area contributed by atoms with E-state index >= 15 is 0 Å². The molecule has 0 unspecified atom stereocenters. The fourth-order valence-electron chi connectivity index (χ4n) is 4.26. The summed E-state index contributed by atoms with van der Waals surface area (Å²) in [7, 11) is 1.55. The third kappa shape index (κ3) is 5.34. The standard InChI is InChI=1S/C25H27F4N3O2/c1-3-24(26)10-8-16(9-11-24)23-31-14-21(32-23)20-7-6-19(12-22(20)33-2)34-15-18-5-4-17(13-30-18)25(27,28)29/h4-7,12-14,16H,3,8-11,15H2,1-2H3,(H,31,32). The number of benzene rings is 1. The Morgan fingerprint density at radius 3 is 2.47 bits per heavy atom. The van der Waals surface area contributed by atoms with Gasteiger partial charge in [-0.05, 0) is 56.4 Å². The van der Waals surface area contributed by atoms with Gasteiger partial charge in [0.15, 0.2) is 0 Å². The van der Waals surface area contributed by atoms with Crippen LogP contribution >= 0.6 is 0 Å². The van der Waals surface area contributed by atoms with Crippen LogP contribution < -0.4 is 9.47 Å². The predicted molar refractivity (Wildman–Crippen MR) is 119 cm³/mol. The minimum absolute atomic E-state index is 0.0182. The number of alkyl halides is 4. The second-order valence-corrected chi connectivity index (χ2v) is 8.65. The number of pyridine rings is 1. The first kappa shape index (κ1) is 24.0. The molecule has 0 spiro atoms. The molecule has 4 rings (SSSR count). The molecular formula is C25H27F4N3O2. The Labute approximate surface area is 195 Å². The van der Waals surface area contributed by atoms with E-state index < -0.39 is 17.4 Å². The number of nitrogens with one attached hydrogen (secondary N) is 1. The Kier molecular flexibility index (Phi) is 6.81. The van der Waals surface area contributed by atoms with Crippen LogP contribution in [0.15, 0.2) is 42.7 Å². The summed E-state index contributed by atoms with van der Waals surface area (Å²) in [5.74, 6) is 2.11. The summed E-state index contributed by atoms with van der Waals surface area (Å²) in [5, 5.41) is 0. The van der Waals surface area contributed by atoms with Crippen LogP contribution in [0.5, 0.6) is 11.5 Å². The number of hydrogen-bond donors (Lipinski definition) is 1. The second kappa shape index (κ2) is 9.64. The van der Waals surface area contributed by atoms with Crippen LogP contribution in [0.1, 0.15) is 62.0 Å². The number of aromatic amines is 1. The monoisotopic (exact) mass is 477 g/mol. The zero-order valence-electron chi connectivity index (χ0n) is 19.1. The van der Waals surface area contributed by atoms with Crippen LogP contribution in [0.4, 0.5) is 17.6 Å². The number of halogens is 4. The molecule has 0 radical (unpaired) electrons. The van der Waals surface area contributed by atoms with Gasteiger partial charge in [0.1, 0.15) is 29.6 Å². The maximum absolute atomic E-state index is 14.5. The second-order valence-electron chi connectivity index (χ2n) is 8.65. The molecule has 0 bridgehead atoms. The van der Waals surface area contributed by atoms with E-state index in [2.05, 4.69) is 15.0 Å². The summed E-state index contributed by atoms with van der Waals surface area (Å²) in [6, 6.07) is 7.56. The summed E-state index contributed by atoms with van der Waals surface area (Å²) in [4.78, 5) is 11.7. The van der Waals surface area contributed by atoms with Gasteiger partial charge in [-0.2, -0.15) is 13.2 Å². The van der Waals surface area contributed by atoms with Crippen LogP contribution in [-0.4, -0.2) is 27.7 Å². The lowest BCUT2D eigenvalue weighted by molar-refractivity contribution is -0.137. The number of imidazole rings is 1. The van der Waals surface area contributed by atoms with Crippen LogP contribution in [0.2, 0.25) is 0 Å². The summed E-state index contributed by atoms with van der Waals surface area (Å²) in [6.45, 7) is 1.91. The highest BCUT2D eigenvalue weighted by Crippen LogP contribution is 2.42. The molecule has 3 aromatic rings. The number of ether oxygens (including phenoxy) is 2. The van der Waals surface area contributed by atoms with Gasteiger partial charge in [-0.3, -0.25) is 4.98 Å². The molecule has 1 N–H and O–H groups in total. The van der Waals surface area contributed by atoms with Crippen molar-refractivity contribution >= 4 is 0 Å². The van der Waals surface area contributed by atoms with Crippen LogP contribution in [0, 0.1) is 0 Å². The average molecular weight is 478 g/mol. The third-order valence-electron chi connectivity index (χ3n) is 6.50. The Morgan fingerprint density at radius 2 is 1.85 bits per heavy atom. The van der Waals surface area contributed by atoms with Crippen LogP contribution in [-0.2, 0) is 12.8 Å². The smallest absolute Gasteiger partial charge is 0.417 e. The molecule has 0 saturated heterocycles. The van der Waals surface area contributed by atoms with E-state index in [1.807, 2.05) is 13.0 Å². The first-order valence-electron chi connectivity index (χ1n) is 11.3. The van der Waals surface area contributed by atoms with Gasteiger partial charge in [-0.15, -0.1) is 0 Å². The maximum Gasteiger partial charge on any atom is 0.417 e. The van der Waals surface area contributed by atoms with Crippen molar-refractivity contribution in [3.63, 3.8) is 0 Å². The Morgan fingerprint density at radius 1 is 1.09 bits per heavy atom. The summed E-state index contributed by atoms with van der Waals surface area (Å²) >= 11 is 0. The van der Waals surface area contributed by atoms with Gasteiger partial charge in [-0.1, -0.05) is 6.92 Å². The van der Waals surface area contributed by atoms with Crippen molar-refractivity contribution < 1.29 is 27.0 Å². The molecule has 5 nitrogen and oxygen atoms in total. The number of hydrogen-bond acceptors (Lipinski definition) is 4. The molecule has 34 heavy (non-hydrogen) atoms. The van der Waals surface area contributed by atoms with Gasteiger partial charge in [0.05, 0.1) is 30.3 Å². The molecule has 182 valence electrons. The van der Waals surface area contributed by atoms with E-state index in [1.54, 1.807) is 25.4 Å². The molecule has 1 aliphatic carbocycles. The Balaban J connectivity index is 1.43. The lowest BCUT2D eigenvalue weighted by atomic mass is 9.78. The third-order valence-corrected chi connectivity index (χ3v) is 6.50. The normalized spacial score (nSPS) is 20.8. The van der Waals surface area contributed by atoms with Gasteiger partial charge < -0.3 is 14.5 Å². The number of H-pyrrole nitrogens is 1. The van der Waals surface area contributed by atoms with E-state index in [1.165, 1.54) is 6.07 Å². The summed E-state index contributed by atoms with van der Waals surface area (Å²) in [6.07, 6.45) is 1.28. The van der Waals surface area contributed by atoms with Gasteiger partial charge in [0.2, 0.25) is 0 Å². The number of methoxy groups -OCH3 is 1. The number of aromatic nitrogens is 3. The molecular weight excluding hydrogens is 450 g/mol. The number of nitrogens with zero attached hydrogens (tertiary/aromatic N) is 2. The molecule has 1 fully saturated rings. The Hall–Kier alpha value is -3.10. The van der Waals surface area contributed by atoms with Crippen molar-refractivity contribution in [2.75, 3.05) is 7.11 Å². The molecule has 2 aromatic heterocycles. The highest BCUT2D eigenvalue weighted by atomic mass is 19.4. The van der Waals surface area contributed by atoms with Crippen molar-refractivity contribution in [2.45, 2.75) is 63.4 Å². The van der Waals surface area contributed by atoms with E-state index in [-0.39, 0.29) is 12.5 Å². The summed E-state index contributed by atoms with van der Waals surface area (Å²) in [5.41, 5.74) is 0.104. The fourth-order valence-corrected chi connectivity index (χ4v) is 4.26. The highest BCUT2D eigenvalue weighted by molar-refractivity contribution is 5.68. The van der Waals surface area contributed by atoms with Gasteiger partial charge >= 0.3 is 6.18 Å². The zero-order chi connectivity index (χ0) is 24.3. The van der Waals surface area contributed by atoms with Gasteiger partial charge in [-0.25, -0.2) is 9.37 Å². The SMILES string of the molecule is CCC1(F)CCC(c2ncc(-c3ccc(OCc4ccc(C(F)(F)F)cn4)cc3OC)[nH]2)CC1. The van der Waals surface area contributed by atoms with E-state index in [0.717, 1.165) is 42.2 Å². The minimum atomic E-state index is -4.42. The molecule has 1 saturated carbocycles. The van der Waals surface area contributed by atoms with E-state index in [9.17, 15) is 17.6 Å². The molecule has 1 aromatic carbocycles. The topological polar surface area (TPSA) is 60.0 Å². The van der Waals surface area contributed by atoms with Crippen molar-refractivity contribution in [3.8, 4) is 22.8 Å². The molecule has 2 heterocycles. The quantitative estimate of drug-likeness (QED) is 0.378. The largest absolute Gasteiger partial charge is 0.496 e. The molecule has 1 aliphatic rings. The summed E-state index contributed by atoms with van der Waals surface area (Å²) < 4.78 is 63.8. The van der Waals surface area contributed by atoms with Crippen LogP contribution in [0.25, 0.3) is 11.3 Å². The van der Waals surface area contributed by atoms with Crippen molar-refractivity contribution in [1.82, 2.24) is 15.0 Å². The van der Waals surface area contributed by atoms with Gasteiger partial charge in [0.25, 0.3) is 0 Å². The average Bonchev–Trinajstić information content (AvgIpc) is 3.32. The van der Waals surface area contributed by atoms with E-state index in [0.29, 0.717) is 36.5 Å². The molecule has 0 aliphatic heterocycles. The van der Waals surface area contributed by atoms with Crippen molar-refractivity contribution in [3.05, 3.63) is 59.8 Å². The minimum Gasteiger partial charge on any atom is -0.496 e. The first-order chi connectivity index (χ1) is 16.2. The lowest BCUT2D eigenvalue weighted by Crippen LogP contribution is -2.28. The molecule has 0 amide bonds. The van der Waals surface area contributed by atoms with Crippen LogP contribution in [0.3, 0.4) is 0 Å². The van der Waals surface area contributed by atoms with Crippen molar-refractivity contribution in [2.24, 2.45) is 0 Å². The first-order valence-corrected chi connectivity index (χ1v) is 11.3. The van der Waals surface area contributed by atoms with Gasteiger partial charge in [0, 0.05) is 23.7 Å². The number of rotatable bonds is 7. The van der Waals surface area contributed by atoms with Crippen molar-refractivity contribution in [1.29, 1.82) is 0 Å².